The van der Waals surface area contributed by atoms with Crippen molar-refractivity contribution in [1.82, 2.24) is 15.0 Å². The quantitative estimate of drug-likeness (QED) is 0.725. The average Bonchev–Trinajstić information content (AvgIpc) is 3.06. The maximum Gasteiger partial charge on any atom is 0.232 e. The molecule has 0 aliphatic heterocycles. The van der Waals surface area contributed by atoms with Gasteiger partial charge in [-0.05, 0) is 43.9 Å². The molecule has 21 heavy (non-hydrogen) atoms. The third-order valence-electron chi connectivity index (χ3n) is 3.80. The minimum atomic E-state index is 0.542. The Hall–Kier alpha value is -2.01. The van der Waals surface area contributed by atoms with E-state index in [1.54, 1.807) is 24.6 Å². The Morgan fingerprint density at radius 3 is 2.90 bits per heavy atom. The molecule has 106 valence electrons. The summed E-state index contributed by atoms with van der Waals surface area (Å²) >= 11 is 1.80. The Labute approximate surface area is 126 Å². The molecule has 3 aromatic rings. The van der Waals surface area contributed by atoms with E-state index in [0.29, 0.717) is 5.88 Å². The molecule has 2 aromatic heterocycles. The molecule has 2 heterocycles. The largest absolute Gasteiger partial charge is 0.480 e. The number of hydrogen-bond donors (Lipinski definition) is 0. The third kappa shape index (κ3) is 2.08. The molecule has 0 saturated heterocycles. The van der Waals surface area contributed by atoms with Crippen molar-refractivity contribution in [3.05, 3.63) is 34.5 Å². The lowest BCUT2D eigenvalue weighted by Gasteiger charge is -2.06. The van der Waals surface area contributed by atoms with Gasteiger partial charge in [-0.3, -0.25) is 0 Å². The Bertz CT molecular complexity index is 819. The number of aromatic nitrogens is 3. The van der Waals surface area contributed by atoms with Crippen LogP contribution in [0.3, 0.4) is 0 Å². The summed E-state index contributed by atoms with van der Waals surface area (Å²) in [6.07, 6.45) is 5.17. The standard InChI is InChI=1S/C16H15N3OS/c1-9-6-10(16-19-11-4-3-5-13(11)21-16)15-12(7-9)18-14(20-2)8-17-15/h6-8H,3-5H2,1-2H3. The van der Waals surface area contributed by atoms with E-state index in [9.17, 15) is 0 Å². The molecule has 4 nitrogen and oxygen atoms in total. The van der Waals surface area contributed by atoms with Crippen LogP contribution in [-0.4, -0.2) is 22.1 Å². The molecular formula is C16H15N3OS. The molecule has 0 saturated carbocycles. The number of thiazole rings is 1. The van der Waals surface area contributed by atoms with Crippen molar-refractivity contribution < 1.29 is 4.74 Å². The molecule has 0 fully saturated rings. The van der Waals surface area contributed by atoms with Crippen molar-refractivity contribution in [2.45, 2.75) is 26.2 Å². The van der Waals surface area contributed by atoms with Gasteiger partial charge in [-0.1, -0.05) is 0 Å². The van der Waals surface area contributed by atoms with Gasteiger partial charge >= 0.3 is 0 Å². The minimum Gasteiger partial charge on any atom is -0.480 e. The van der Waals surface area contributed by atoms with E-state index in [1.165, 1.54) is 17.0 Å². The van der Waals surface area contributed by atoms with Crippen LogP contribution in [0.5, 0.6) is 5.88 Å². The van der Waals surface area contributed by atoms with Gasteiger partial charge in [0, 0.05) is 10.4 Å². The van der Waals surface area contributed by atoms with E-state index >= 15 is 0 Å². The van der Waals surface area contributed by atoms with Gasteiger partial charge in [0.15, 0.2) is 0 Å². The Kier molecular flexibility index (Phi) is 2.89. The van der Waals surface area contributed by atoms with Crippen molar-refractivity contribution in [2.75, 3.05) is 7.11 Å². The fourth-order valence-corrected chi connectivity index (χ4v) is 3.98. The summed E-state index contributed by atoms with van der Waals surface area (Å²) in [5.41, 5.74) is 5.27. The van der Waals surface area contributed by atoms with Gasteiger partial charge in [0.1, 0.15) is 5.01 Å². The number of hydrogen-bond acceptors (Lipinski definition) is 5. The molecule has 1 aliphatic rings. The van der Waals surface area contributed by atoms with Gasteiger partial charge < -0.3 is 4.74 Å². The van der Waals surface area contributed by atoms with Gasteiger partial charge in [0.25, 0.3) is 0 Å². The molecule has 5 heteroatoms. The molecule has 0 N–H and O–H groups in total. The molecule has 0 spiro atoms. The molecule has 0 radical (unpaired) electrons. The van der Waals surface area contributed by atoms with E-state index < -0.39 is 0 Å². The normalized spacial score (nSPS) is 13.6. The van der Waals surface area contributed by atoms with Gasteiger partial charge in [0.2, 0.25) is 5.88 Å². The van der Waals surface area contributed by atoms with E-state index in [0.717, 1.165) is 40.0 Å². The maximum atomic E-state index is 5.17. The smallest absolute Gasteiger partial charge is 0.232 e. The summed E-state index contributed by atoms with van der Waals surface area (Å²) in [6.45, 7) is 2.07. The summed E-state index contributed by atoms with van der Waals surface area (Å²) in [5.74, 6) is 0.542. The topological polar surface area (TPSA) is 47.9 Å². The lowest BCUT2D eigenvalue weighted by atomic mass is 10.1. The van der Waals surface area contributed by atoms with Crippen LogP contribution in [0.4, 0.5) is 0 Å². The van der Waals surface area contributed by atoms with Crippen LogP contribution >= 0.6 is 11.3 Å². The zero-order valence-electron chi connectivity index (χ0n) is 12.0. The van der Waals surface area contributed by atoms with Gasteiger partial charge in [-0.2, -0.15) is 0 Å². The van der Waals surface area contributed by atoms with Crippen LogP contribution in [0, 0.1) is 6.92 Å². The van der Waals surface area contributed by atoms with Gasteiger partial charge in [-0.25, -0.2) is 15.0 Å². The van der Waals surface area contributed by atoms with E-state index in [4.69, 9.17) is 9.72 Å². The molecular weight excluding hydrogens is 282 g/mol. The first-order valence-electron chi connectivity index (χ1n) is 7.05. The first-order valence-corrected chi connectivity index (χ1v) is 7.86. The monoisotopic (exact) mass is 297 g/mol. The number of nitrogens with zero attached hydrogens (tertiary/aromatic N) is 3. The van der Waals surface area contributed by atoms with Crippen LogP contribution in [0.2, 0.25) is 0 Å². The highest BCUT2D eigenvalue weighted by Crippen LogP contribution is 2.36. The second kappa shape index (κ2) is 4.77. The van der Waals surface area contributed by atoms with E-state index in [1.807, 2.05) is 6.07 Å². The van der Waals surface area contributed by atoms with Crippen molar-refractivity contribution in [1.29, 1.82) is 0 Å². The van der Waals surface area contributed by atoms with Gasteiger partial charge in [0.05, 0.1) is 30.0 Å². The highest BCUT2D eigenvalue weighted by molar-refractivity contribution is 7.15. The maximum absolute atomic E-state index is 5.17. The SMILES string of the molecule is COc1cnc2c(-c3nc4c(s3)CCC4)cc(C)cc2n1. The number of methoxy groups -OCH3 is 1. The van der Waals surface area contributed by atoms with Crippen LogP contribution in [-0.2, 0) is 12.8 Å². The Morgan fingerprint density at radius 1 is 1.19 bits per heavy atom. The summed E-state index contributed by atoms with van der Waals surface area (Å²) in [4.78, 5) is 15.3. The summed E-state index contributed by atoms with van der Waals surface area (Å²) in [6, 6.07) is 4.19. The summed E-state index contributed by atoms with van der Waals surface area (Å²) in [7, 11) is 1.61. The fraction of sp³-hybridized carbons (Fsp3) is 0.312. The molecule has 0 unspecified atom stereocenters. The van der Waals surface area contributed by atoms with Crippen molar-refractivity contribution in [2.24, 2.45) is 0 Å². The summed E-state index contributed by atoms with van der Waals surface area (Å²) in [5, 5.41) is 1.06. The van der Waals surface area contributed by atoms with Crippen LogP contribution in [0.15, 0.2) is 18.3 Å². The van der Waals surface area contributed by atoms with Crippen molar-refractivity contribution in [3.8, 4) is 16.5 Å². The lowest BCUT2D eigenvalue weighted by molar-refractivity contribution is 0.397. The molecule has 0 amide bonds. The lowest BCUT2D eigenvalue weighted by Crippen LogP contribution is -1.93. The zero-order chi connectivity index (χ0) is 14.4. The Balaban J connectivity index is 1.94. The predicted octanol–water partition coefficient (Wildman–Crippen LogP) is 3.56. The van der Waals surface area contributed by atoms with Crippen LogP contribution < -0.4 is 4.74 Å². The summed E-state index contributed by atoms with van der Waals surface area (Å²) < 4.78 is 5.17. The number of benzene rings is 1. The third-order valence-corrected chi connectivity index (χ3v) is 4.99. The first-order chi connectivity index (χ1) is 10.2. The highest BCUT2D eigenvalue weighted by Gasteiger charge is 2.19. The highest BCUT2D eigenvalue weighted by atomic mass is 32.1. The molecule has 0 bridgehead atoms. The number of fused-ring (bicyclic) bond motifs is 2. The number of ether oxygens (including phenoxy) is 1. The average molecular weight is 297 g/mol. The van der Waals surface area contributed by atoms with E-state index in [2.05, 4.69) is 23.0 Å². The minimum absolute atomic E-state index is 0.542. The van der Waals surface area contributed by atoms with Gasteiger partial charge in [-0.15, -0.1) is 11.3 Å². The first kappa shape index (κ1) is 12.7. The fourth-order valence-electron chi connectivity index (χ4n) is 2.81. The second-order valence-corrected chi connectivity index (χ2v) is 6.42. The molecule has 4 rings (SSSR count). The van der Waals surface area contributed by atoms with Crippen molar-refractivity contribution >= 4 is 22.4 Å². The number of rotatable bonds is 2. The van der Waals surface area contributed by atoms with Crippen molar-refractivity contribution in [3.63, 3.8) is 0 Å². The van der Waals surface area contributed by atoms with Crippen LogP contribution in [0.25, 0.3) is 21.6 Å². The molecule has 1 aliphatic carbocycles. The zero-order valence-corrected chi connectivity index (χ0v) is 12.8. The van der Waals surface area contributed by atoms with E-state index in [-0.39, 0.29) is 0 Å². The molecule has 1 aromatic carbocycles. The molecule has 0 atom stereocenters. The number of aryl methyl sites for hydroxylation is 3. The Morgan fingerprint density at radius 2 is 2.10 bits per heavy atom. The predicted molar refractivity (Wildman–Crippen MR) is 84.0 cm³/mol. The second-order valence-electron chi connectivity index (χ2n) is 5.34. The van der Waals surface area contributed by atoms with Crippen LogP contribution in [0.1, 0.15) is 22.6 Å².